The molecule has 0 bridgehead atoms. The number of hydrogen-bond acceptors (Lipinski definition) is 4. The summed E-state index contributed by atoms with van der Waals surface area (Å²) in [6.07, 6.45) is 0. The van der Waals surface area contributed by atoms with E-state index in [1.54, 1.807) is 24.3 Å². The Hall–Kier alpha value is -1.33. The lowest BCUT2D eigenvalue weighted by atomic mass is 10.3. The highest BCUT2D eigenvalue weighted by Crippen LogP contribution is 2.31. The van der Waals surface area contributed by atoms with E-state index < -0.39 is 0 Å². The molecule has 2 aromatic rings. The van der Waals surface area contributed by atoms with Gasteiger partial charge in [-0.1, -0.05) is 11.6 Å². The predicted octanol–water partition coefficient (Wildman–Crippen LogP) is 3.58. The molecule has 0 unspecified atom stereocenters. The summed E-state index contributed by atoms with van der Waals surface area (Å²) in [4.78, 5) is 7.95. The van der Waals surface area contributed by atoms with Gasteiger partial charge < -0.3 is 10.5 Å². The van der Waals surface area contributed by atoms with Crippen molar-refractivity contribution < 1.29 is 4.74 Å². The third-order valence-corrected chi connectivity index (χ3v) is 2.81. The van der Waals surface area contributed by atoms with Crippen molar-refractivity contribution in [2.45, 2.75) is 6.92 Å². The molecular weight excluding hydrogens is 305 g/mol. The van der Waals surface area contributed by atoms with Crippen molar-refractivity contribution in [3.05, 3.63) is 39.5 Å². The summed E-state index contributed by atoms with van der Waals surface area (Å²) >= 11 is 9.20. The topological polar surface area (TPSA) is 61.0 Å². The minimum atomic E-state index is 0.185. The molecule has 0 saturated carbocycles. The summed E-state index contributed by atoms with van der Waals surface area (Å²) in [6.45, 7) is 1.82. The number of nitrogens with zero attached hydrogens (tertiary/aromatic N) is 2. The van der Waals surface area contributed by atoms with E-state index in [0.29, 0.717) is 16.7 Å². The smallest absolute Gasteiger partial charge is 0.224 e. The highest BCUT2D eigenvalue weighted by Gasteiger charge is 2.06. The number of aryl methyl sites for hydroxylation is 1. The number of hydrogen-bond donors (Lipinski definition) is 1. The second-order valence-electron chi connectivity index (χ2n) is 3.38. The summed E-state index contributed by atoms with van der Waals surface area (Å²) in [7, 11) is 0. The average molecular weight is 315 g/mol. The Kier molecular flexibility index (Phi) is 3.49. The molecule has 0 aliphatic carbocycles. The predicted molar refractivity (Wildman–Crippen MR) is 70.4 cm³/mol. The molecule has 2 rings (SSSR count). The highest BCUT2D eigenvalue weighted by atomic mass is 79.9. The van der Waals surface area contributed by atoms with Gasteiger partial charge in [0.05, 0.1) is 4.47 Å². The van der Waals surface area contributed by atoms with Crippen LogP contribution >= 0.6 is 27.5 Å². The van der Waals surface area contributed by atoms with Gasteiger partial charge in [0.2, 0.25) is 11.8 Å². The number of ether oxygens (including phenoxy) is 1. The Balaban J connectivity index is 2.31. The fraction of sp³-hybridized carbons (Fsp3) is 0.0909. The van der Waals surface area contributed by atoms with Gasteiger partial charge in [0.15, 0.2) is 0 Å². The number of benzene rings is 1. The normalized spacial score (nSPS) is 10.3. The Bertz CT molecular complexity index is 542. The molecule has 6 heteroatoms. The number of rotatable bonds is 2. The summed E-state index contributed by atoms with van der Waals surface area (Å²) in [5.41, 5.74) is 6.29. The molecule has 88 valence electrons. The fourth-order valence-corrected chi connectivity index (χ4v) is 2.05. The Morgan fingerprint density at radius 2 is 2.06 bits per heavy atom. The molecule has 0 aliphatic rings. The van der Waals surface area contributed by atoms with E-state index in [0.717, 1.165) is 10.2 Å². The number of halogens is 2. The van der Waals surface area contributed by atoms with Crippen LogP contribution in [0, 0.1) is 6.92 Å². The molecule has 0 fully saturated rings. The van der Waals surface area contributed by atoms with Gasteiger partial charge >= 0.3 is 0 Å². The van der Waals surface area contributed by atoms with Crippen molar-refractivity contribution in [3.63, 3.8) is 0 Å². The summed E-state index contributed by atoms with van der Waals surface area (Å²) < 4.78 is 6.34. The lowest BCUT2D eigenvalue weighted by Crippen LogP contribution is -1.98. The van der Waals surface area contributed by atoms with Gasteiger partial charge in [-0.05, 0) is 41.1 Å². The SMILES string of the molecule is Cc1cc(Oc2ccc(Cl)cc2Br)nc(N)n1. The van der Waals surface area contributed by atoms with Crippen LogP contribution in [-0.2, 0) is 0 Å². The molecular formula is C11H9BrClN3O. The van der Waals surface area contributed by atoms with Crippen molar-refractivity contribution in [1.82, 2.24) is 9.97 Å². The van der Waals surface area contributed by atoms with Crippen molar-refractivity contribution in [3.8, 4) is 11.6 Å². The molecule has 17 heavy (non-hydrogen) atoms. The van der Waals surface area contributed by atoms with Crippen molar-refractivity contribution in [1.29, 1.82) is 0 Å². The lowest BCUT2D eigenvalue weighted by molar-refractivity contribution is 0.459. The van der Waals surface area contributed by atoms with E-state index in [1.807, 2.05) is 6.92 Å². The molecule has 1 aromatic carbocycles. The van der Waals surface area contributed by atoms with Crippen LogP contribution in [-0.4, -0.2) is 9.97 Å². The first kappa shape index (κ1) is 12.1. The maximum atomic E-state index is 5.84. The maximum Gasteiger partial charge on any atom is 0.224 e. The van der Waals surface area contributed by atoms with Crippen LogP contribution < -0.4 is 10.5 Å². The summed E-state index contributed by atoms with van der Waals surface area (Å²) in [6, 6.07) is 6.94. The van der Waals surface area contributed by atoms with Crippen molar-refractivity contribution in [2.75, 3.05) is 5.73 Å². The van der Waals surface area contributed by atoms with Crippen molar-refractivity contribution >= 4 is 33.5 Å². The van der Waals surface area contributed by atoms with Gasteiger partial charge in [-0.2, -0.15) is 4.98 Å². The van der Waals surface area contributed by atoms with E-state index in [-0.39, 0.29) is 5.95 Å². The summed E-state index contributed by atoms with van der Waals surface area (Å²) in [5.74, 6) is 1.20. The molecule has 0 radical (unpaired) electrons. The van der Waals surface area contributed by atoms with Crippen LogP contribution in [0.1, 0.15) is 5.69 Å². The number of aromatic nitrogens is 2. The van der Waals surface area contributed by atoms with E-state index in [4.69, 9.17) is 22.1 Å². The molecule has 1 heterocycles. The molecule has 0 saturated heterocycles. The van der Waals surface area contributed by atoms with Crippen molar-refractivity contribution in [2.24, 2.45) is 0 Å². The lowest BCUT2D eigenvalue weighted by Gasteiger charge is -2.07. The monoisotopic (exact) mass is 313 g/mol. The van der Waals surface area contributed by atoms with Crippen LogP contribution in [0.15, 0.2) is 28.7 Å². The van der Waals surface area contributed by atoms with E-state index >= 15 is 0 Å². The van der Waals surface area contributed by atoms with Crippen LogP contribution in [0.5, 0.6) is 11.6 Å². The molecule has 0 aliphatic heterocycles. The second-order valence-corrected chi connectivity index (χ2v) is 4.67. The average Bonchev–Trinajstić information content (AvgIpc) is 2.21. The molecule has 2 N–H and O–H groups in total. The van der Waals surface area contributed by atoms with E-state index in [1.165, 1.54) is 0 Å². The third-order valence-electron chi connectivity index (χ3n) is 1.96. The van der Waals surface area contributed by atoms with E-state index in [2.05, 4.69) is 25.9 Å². The molecule has 0 amide bonds. The van der Waals surface area contributed by atoms with Gasteiger partial charge in [-0.15, -0.1) is 0 Å². The fourth-order valence-electron chi connectivity index (χ4n) is 1.28. The molecule has 0 atom stereocenters. The third kappa shape index (κ3) is 3.08. The minimum absolute atomic E-state index is 0.185. The first-order valence-electron chi connectivity index (χ1n) is 4.78. The van der Waals surface area contributed by atoms with Gasteiger partial charge in [0.1, 0.15) is 5.75 Å². The molecule has 1 aromatic heterocycles. The Morgan fingerprint density at radius 3 is 2.71 bits per heavy atom. The number of nitrogen functional groups attached to an aromatic ring is 1. The van der Waals surface area contributed by atoms with Gasteiger partial charge in [0, 0.05) is 16.8 Å². The first-order chi connectivity index (χ1) is 8.04. The second kappa shape index (κ2) is 4.89. The zero-order valence-electron chi connectivity index (χ0n) is 8.95. The van der Waals surface area contributed by atoms with Crippen LogP contribution in [0.25, 0.3) is 0 Å². The van der Waals surface area contributed by atoms with E-state index in [9.17, 15) is 0 Å². The van der Waals surface area contributed by atoms with Gasteiger partial charge in [-0.3, -0.25) is 0 Å². The van der Waals surface area contributed by atoms with Crippen LogP contribution in [0.4, 0.5) is 5.95 Å². The molecule has 4 nitrogen and oxygen atoms in total. The first-order valence-corrected chi connectivity index (χ1v) is 5.96. The van der Waals surface area contributed by atoms with Gasteiger partial charge in [0.25, 0.3) is 0 Å². The van der Waals surface area contributed by atoms with Gasteiger partial charge in [-0.25, -0.2) is 4.98 Å². The quantitative estimate of drug-likeness (QED) is 0.920. The zero-order valence-corrected chi connectivity index (χ0v) is 11.3. The standard InChI is InChI=1S/C11H9BrClN3O/c1-6-4-10(16-11(14)15-6)17-9-3-2-7(13)5-8(9)12/h2-5H,1H3,(H2,14,15,16). The Labute approximate surface area is 112 Å². The van der Waals surface area contributed by atoms with Crippen LogP contribution in [0.3, 0.4) is 0 Å². The number of nitrogens with two attached hydrogens (primary N) is 1. The zero-order chi connectivity index (χ0) is 12.4. The maximum absolute atomic E-state index is 5.84. The summed E-state index contributed by atoms with van der Waals surface area (Å²) in [5, 5.41) is 0.627. The largest absolute Gasteiger partial charge is 0.438 e. The Morgan fingerprint density at radius 1 is 1.29 bits per heavy atom. The number of anilines is 1. The highest BCUT2D eigenvalue weighted by molar-refractivity contribution is 9.10. The minimum Gasteiger partial charge on any atom is -0.438 e. The van der Waals surface area contributed by atoms with Crippen LogP contribution in [0.2, 0.25) is 5.02 Å². The molecule has 0 spiro atoms.